The zero-order valence-corrected chi connectivity index (χ0v) is 8.31. The van der Waals surface area contributed by atoms with Crippen LogP contribution in [0.2, 0.25) is 5.22 Å². The molecule has 1 aromatic rings. The molecule has 0 spiro atoms. The molecule has 2 N–H and O–H groups in total. The molecule has 1 aromatic heterocycles. The molecule has 3 heteroatoms. The van der Waals surface area contributed by atoms with Crippen LogP contribution in [0, 0.1) is 0 Å². The lowest BCUT2D eigenvalue weighted by molar-refractivity contribution is 0.348. The molecule has 2 rings (SSSR count). The minimum atomic E-state index is 0.0765. The van der Waals surface area contributed by atoms with Gasteiger partial charge in [0.25, 0.3) is 0 Å². The van der Waals surface area contributed by atoms with Crippen LogP contribution in [0.15, 0.2) is 16.5 Å². The van der Waals surface area contributed by atoms with Gasteiger partial charge in [0, 0.05) is 12.0 Å². The Morgan fingerprint density at radius 3 is 2.54 bits per heavy atom. The molecule has 0 unspecified atom stereocenters. The second kappa shape index (κ2) is 3.35. The molecule has 1 aliphatic rings. The van der Waals surface area contributed by atoms with Gasteiger partial charge in [0.1, 0.15) is 5.76 Å². The van der Waals surface area contributed by atoms with Crippen LogP contribution in [0.25, 0.3) is 0 Å². The van der Waals surface area contributed by atoms with Crippen LogP contribution >= 0.6 is 11.6 Å². The van der Waals surface area contributed by atoms with Crippen LogP contribution in [0.5, 0.6) is 0 Å². The van der Waals surface area contributed by atoms with Gasteiger partial charge in [-0.2, -0.15) is 0 Å². The van der Waals surface area contributed by atoms with Gasteiger partial charge in [-0.15, -0.1) is 0 Å². The van der Waals surface area contributed by atoms with Gasteiger partial charge in [-0.25, -0.2) is 0 Å². The number of furan rings is 1. The summed E-state index contributed by atoms with van der Waals surface area (Å²) in [5, 5.41) is 0.467. The normalized spacial score (nSPS) is 20.8. The van der Waals surface area contributed by atoms with Crippen molar-refractivity contribution in [3.63, 3.8) is 0 Å². The summed E-state index contributed by atoms with van der Waals surface area (Å²) in [6, 6.07) is 3.76. The highest BCUT2D eigenvalue weighted by molar-refractivity contribution is 6.28. The fraction of sp³-hybridized carbons (Fsp3) is 0.600. The first-order valence-corrected chi connectivity index (χ1v) is 5.10. The van der Waals surface area contributed by atoms with Gasteiger partial charge in [0.15, 0.2) is 5.22 Å². The molecule has 0 bridgehead atoms. The van der Waals surface area contributed by atoms with Crippen molar-refractivity contribution in [2.45, 2.75) is 31.1 Å². The zero-order chi connectivity index (χ0) is 9.31. The van der Waals surface area contributed by atoms with Gasteiger partial charge < -0.3 is 10.2 Å². The molecule has 1 heterocycles. The van der Waals surface area contributed by atoms with Gasteiger partial charge in [-0.3, -0.25) is 0 Å². The van der Waals surface area contributed by atoms with E-state index in [4.69, 9.17) is 21.8 Å². The number of hydrogen-bond acceptors (Lipinski definition) is 2. The van der Waals surface area contributed by atoms with E-state index in [-0.39, 0.29) is 5.41 Å². The van der Waals surface area contributed by atoms with E-state index in [1.807, 2.05) is 6.07 Å². The van der Waals surface area contributed by atoms with Gasteiger partial charge in [-0.1, -0.05) is 12.8 Å². The van der Waals surface area contributed by atoms with Gasteiger partial charge in [0.2, 0.25) is 0 Å². The lowest BCUT2D eigenvalue weighted by Crippen LogP contribution is -2.31. The smallest absolute Gasteiger partial charge is 0.193 e. The summed E-state index contributed by atoms with van der Waals surface area (Å²) >= 11 is 5.75. The van der Waals surface area contributed by atoms with Crippen LogP contribution in [-0.2, 0) is 5.41 Å². The summed E-state index contributed by atoms with van der Waals surface area (Å²) in [6.45, 7) is 0.664. The maximum atomic E-state index is 5.81. The number of halogens is 1. The van der Waals surface area contributed by atoms with Crippen molar-refractivity contribution in [1.29, 1.82) is 0 Å². The van der Waals surface area contributed by atoms with Crippen molar-refractivity contribution in [3.05, 3.63) is 23.1 Å². The molecule has 2 nitrogen and oxygen atoms in total. The Labute approximate surface area is 83.1 Å². The van der Waals surface area contributed by atoms with Gasteiger partial charge >= 0.3 is 0 Å². The van der Waals surface area contributed by atoms with E-state index in [0.29, 0.717) is 11.8 Å². The average molecular weight is 200 g/mol. The van der Waals surface area contributed by atoms with E-state index in [1.54, 1.807) is 6.07 Å². The Morgan fingerprint density at radius 2 is 2.08 bits per heavy atom. The third-order valence-corrected chi connectivity index (χ3v) is 3.25. The van der Waals surface area contributed by atoms with Gasteiger partial charge in [-0.05, 0) is 36.6 Å². The van der Waals surface area contributed by atoms with Crippen molar-refractivity contribution in [1.82, 2.24) is 0 Å². The molecule has 13 heavy (non-hydrogen) atoms. The third-order valence-electron chi connectivity index (χ3n) is 3.05. The summed E-state index contributed by atoms with van der Waals surface area (Å²) in [4.78, 5) is 0. The maximum Gasteiger partial charge on any atom is 0.193 e. The van der Waals surface area contributed by atoms with Crippen molar-refractivity contribution in [3.8, 4) is 0 Å². The Balaban J connectivity index is 2.30. The molecule has 0 aliphatic heterocycles. The Bertz CT molecular complexity index is 289. The highest BCUT2D eigenvalue weighted by atomic mass is 35.5. The van der Waals surface area contributed by atoms with E-state index in [2.05, 4.69) is 0 Å². The fourth-order valence-electron chi connectivity index (χ4n) is 2.20. The first kappa shape index (κ1) is 9.10. The highest BCUT2D eigenvalue weighted by Gasteiger charge is 2.36. The zero-order valence-electron chi connectivity index (χ0n) is 7.55. The average Bonchev–Trinajstić information content (AvgIpc) is 2.73. The van der Waals surface area contributed by atoms with Crippen LogP contribution in [0.1, 0.15) is 31.4 Å². The van der Waals surface area contributed by atoms with Crippen molar-refractivity contribution >= 4 is 11.6 Å². The topological polar surface area (TPSA) is 39.2 Å². The SMILES string of the molecule is NCC1(c2ccc(Cl)o2)CCCC1. The minimum Gasteiger partial charge on any atom is -0.449 e. The lowest BCUT2D eigenvalue weighted by atomic mass is 9.84. The van der Waals surface area contributed by atoms with E-state index in [9.17, 15) is 0 Å². The Morgan fingerprint density at radius 1 is 1.38 bits per heavy atom. The number of rotatable bonds is 2. The predicted octanol–water partition coefficient (Wildman–Crippen LogP) is 2.70. The number of hydrogen-bond donors (Lipinski definition) is 1. The van der Waals surface area contributed by atoms with Crippen LogP contribution < -0.4 is 5.73 Å². The minimum absolute atomic E-state index is 0.0765. The molecule has 1 fully saturated rings. The third kappa shape index (κ3) is 1.49. The quantitative estimate of drug-likeness (QED) is 0.796. The van der Waals surface area contributed by atoms with Crippen molar-refractivity contribution in [2.24, 2.45) is 5.73 Å². The molecule has 0 atom stereocenters. The molecule has 72 valence electrons. The van der Waals surface area contributed by atoms with E-state index in [1.165, 1.54) is 12.8 Å². The molecule has 0 amide bonds. The summed E-state index contributed by atoms with van der Waals surface area (Å²) in [5.41, 5.74) is 5.88. The summed E-state index contributed by atoms with van der Waals surface area (Å²) in [6.07, 6.45) is 4.76. The second-order valence-electron chi connectivity index (χ2n) is 3.80. The van der Waals surface area contributed by atoms with E-state index < -0.39 is 0 Å². The maximum absolute atomic E-state index is 5.81. The largest absolute Gasteiger partial charge is 0.449 e. The summed E-state index contributed by atoms with van der Waals surface area (Å²) < 4.78 is 5.45. The monoisotopic (exact) mass is 199 g/mol. The lowest BCUT2D eigenvalue weighted by Gasteiger charge is -2.24. The molecular formula is C10H14ClNO. The molecule has 0 radical (unpaired) electrons. The Kier molecular flexibility index (Phi) is 2.35. The number of nitrogens with two attached hydrogens (primary N) is 1. The fourth-order valence-corrected chi connectivity index (χ4v) is 2.35. The summed E-state index contributed by atoms with van der Waals surface area (Å²) in [7, 11) is 0. The molecule has 1 aliphatic carbocycles. The van der Waals surface area contributed by atoms with E-state index in [0.717, 1.165) is 18.6 Å². The predicted molar refractivity (Wildman–Crippen MR) is 52.9 cm³/mol. The van der Waals surface area contributed by atoms with Crippen LogP contribution in [0.3, 0.4) is 0 Å². The standard InChI is InChI=1S/C10H14ClNO/c11-9-4-3-8(13-9)10(7-12)5-1-2-6-10/h3-4H,1-2,5-7,12H2. The molecule has 0 aromatic carbocycles. The molecular weight excluding hydrogens is 186 g/mol. The Hall–Kier alpha value is -0.470. The highest BCUT2D eigenvalue weighted by Crippen LogP contribution is 2.41. The van der Waals surface area contributed by atoms with Crippen molar-refractivity contribution in [2.75, 3.05) is 6.54 Å². The van der Waals surface area contributed by atoms with Crippen LogP contribution in [0.4, 0.5) is 0 Å². The molecule has 1 saturated carbocycles. The van der Waals surface area contributed by atoms with Gasteiger partial charge in [0.05, 0.1) is 0 Å². The van der Waals surface area contributed by atoms with Crippen LogP contribution in [-0.4, -0.2) is 6.54 Å². The van der Waals surface area contributed by atoms with E-state index >= 15 is 0 Å². The first-order chi connectivity index (χ1) is 6.27. The molecule has 0 saturated heterocycles. The first-order valence-electron chi connectivity index (χ1n) is 4.73. The second-order valence-corrected chi connectivity index (χ2v) is 4.17. The van der Waals surface area contributed by atoms with Crippen molar-refractivity contribution < 1.29 is 4.42 Å². The summed E-state index contributed by atoms with van der Waals surface area (Å²) in [5.74, 6) is 0.970.